The van der Waals surface area contributed by atoms with E-state index in [0.717, 1.165) is 22.0 Å². The third-order valence-corrected chi connectivity index (χ3v) is 6.82. The summed E-state index contributed by atoms with van der Waals surface area (Å²) in [5, 5.41) is 5.09. The lowest BCUT2D eigenvalue weighted by molar-refractivity contribution is -0.115. The Morgan fingerprint density at radius 1 is 1.03 bits per heavy atom. The SMILES string of the molecule is O=C1NC(=Nc2ccccc2F)S/C1=C\c1cn(Cc2ccc(Cl)c(Cl)c2)c2ccccc12. The van der Waals surface area contributed by atoms with Gasteiger partial charge in [0.25, 0.3) is 5.91 Å². The van der Waals surface area contributed by atoms with E-state index in [9.17, 15) is 9.18 Å². The summed E-state index contributed by atoms with van der Waals surface area (Å²) in [7, 11) is 0. The van der Waals surface area contributed by atoms with Gasteiger partial charge in [0.05, 0.1) is 15.0 Å². The van der Waals surface area contributed by atoms with Gasteiger partial charge in [-0.3, -0.25) is 4.79 Å². The topological polar surface area (TPSA) is 46.4 Å². The molecule has 2 heterocycles. The van der Waals surface area contributed by atoms with E-state index >= 15 is 0 Å². The molecular weight excluding hydrogens is 480 g/mol. The predicted octanol–water partition coefficient (Wildman–Crippen LogP) is 7.03. The molecule has 1 N–H and O–H groups in total. The first-order chi connectivity index (χ1) is 16.0. The number of thioether (sulfide) groups is 1. The molecule has 4 nitrogen and oxygen atoms in total. The monoisotopic (exact) mass is 495 g/mol. The molecule has 0 radical (unpaired) electrons. The maximum absolute atomic E-state index is 13.9. The Hall–Kier alpha value is -3.06. The summed E-state index contributed by atoms with van der Waals surface area (Å²) in [5.41, 5.74) is 3.12. The summed E-state index contributed by atoms with van der Waals surface area (Å²) in [4.78, 5) is 17.3. The molecule has 0 unspecified atom stereocenters. The highest BCUT2D eigenvalue weighted by Crippen LogP contribution is 2.32. The molecule has 3 aromatic carbocycles. The number of amides is 1. The quantitative estimate of drug-likeness (QED) is 0.309. The second-order valence-electron chi connectivity index (χ2n) is 7.41. The van der Waals surface area contributed by atoms with Gasteiger partial charge in [-0.15, -0.1) is 0 Å². The number of hydrogen-bond acceptors (Lipinski definition) is 3. The van der Waals surface area contributed by atoms with Crippen molar-refractivity contribution >= 4 is 68.7 Å². The Kier molecular flexibility index (Phi) is 5.98. The molecule has 1 fully saturated rings. The Morgan fingerprint density at radius 2 is 1.82 bits per heavy atom. The number of fused-ring (bicyclic) bond motifs is 1. The van der Waals surface area contributed by atoms with Gasteiger partial charge in [-0.25, -0.2) is 9.38 Å². The summed E-state index contributed by atoms with van der Waals surface area (Å²) >= 11 is 13.4. The summed E-state index contributed by atoms with van der Waals surface area (Å²) in [6, 6.07) is 19.7. The third kappa shape index (κ3) is 4.55. The van der Waals surface area contributed by atoms with E-state index in [1.165, 1.54) is 17.8 Å². The predicted molar refractivity (Wildman–Crippen MR) is 135 cm³/mol. The number of aromatic nitrogens is 1. The van der Waals surface area contributed by atoms with E-state index in [1.54, 1.807) is 24.3 Å². The van der Waals surface area contributed by atoms with Crippen LogP contribution in [0.1, 0.15) is 11.1 Å². The first-order valence-corrected chi connectivity index (χ1v) is 11.6. The highest BCUT2D eigenvalue weighted by Gasteiger charge is 2.24. The van der Waals surface area contributed by atoms with E-state index in [0.29, 0.717) is 26.7 Å². The molecule has 0 saturated carbocycles. The fraction of sp³-hybridized carbons (Fsp3) is 0.0400. The highest BCUT2D eigenvalue weighted by molar-refractivity contribution is 8.18. The summed E-state index contributed by atoms with van der Waals surface area (Å²) in [5.74, 6) is -0.709. The van der Waals surface area contributed by atoms with Crippen LogP contribution >= 0.6 is 35.0 Å². The molecule has 5 rings (SSSR count). The van der Waals surface area contributed by atoms with Gasteiger partial charge >= 0.3 is 0 Å². The van der Waals surface area contributed by atoms with Gasteiger partial charge in [-0.2, -0.15) is 0 Å². The molecule has 1 aliphatic rings. The Morgan fingerprint density at radius 3 is 2.64 bits per heavy atom. The van der Waals surface area contributed by atoms with Crippen molar-refractivity contribution in [2.45, 2.75) is 6.54 Å². The number of benzene rings is 3. The number of para-hydroxylation sites is 2. The van der Waals surface area contributed by atoms with E-state index in [4.69, 9.17) is 23.2 Å². The van der Waals surface area contributed by atoms with Crippen molar-refractivity contribution in [1.82, 2.24) is 9.88 Å². The van der Waals surface area contributed by atoms with E-state index in [-0.39, 0.29) is 11.6 Å². The second-order valence-corrected chi connectivity index (χ2v) is 9.26. The van der Waals surface area contributed by atoms with Gasteiger partial charge in [0, 0.05) is 29.2 Å². The van der Waals surface area contributed by atoms with E-state index < -0.39 is 5.82 Å². The molecule has 1 aromatic heterocycles. The van der Waals surface area contributed by atoms with E-state index in [1.807, 2.05) is 48.7 Å². The van der Waals surface area contributed by atoms with Gasteiger partial charge < -0.3 is 9.88 Å². The molecule has 1 amide bonds. The maximum Gasteiger partial charge on any atom is 0.264 e. The van der Waals surface area contributed by atoms with Crippen LogP contribution in [-0.4, -0.2) is 15.6 Å². The van der Waals surface area contributed by atoms with Crippen LogP contribution in [0.2, 0.25) is 10.0 Å². The lowest BCUT2D eigenvalue weighted by Gasteiger charge is -2.06. The molecular formula is C25H16Cl2FN3OS. The van der Waals surface area contributed by atoms with Gasteiger partial charge in [0.1, 0.15) is 11.5 Å². The normalized spacial score (nSPS) is 16.2. The largest absolute Gasteiger partial charge is 0.342 e. The summed E-state index contributed by atoms with van der Waals surface area (Å²) in [6.45, 7) is 0.597. The molecule has 4 aromatic rings. The van der Waals surface area contributed by atoms with Crippen molar-refractivity contribution in [2.24, 2.45) is 4.99 Å². The highest BCUT2D eigenvalue weighted by atomic mass is 35.5. The lowest BCUT2D eigenvalue weighted by Crippen LogP contribution is -2.19. The smallest absolute Gasteiger partial charge is 0.264 e. The fourth-order valence-corrected chi connectivity index (χ4v) is 4.78. The standard InChI is InChI=1S/C25H16Cl2FN3OS/c26-18-10-9-15(11-19(18)27)13-31-14-16(17-5-1-4-8-22(17)31)12-23-24(32)30-25(33-23)29-21-7-3-2-6-20(21)28/h1-12,14H,13H2,(H,29,30,32)/b23-12-. The summed E-state index contributed by atoms with van der Waals surface area (Å²) in [6.07, 6.45) is 3.83. The maximum atomic E-state index is 13.9. The van der Waals surface area contributed by atoms with Crippen LogP contribution in [0.25, 0.3) is 17.0 Å². The van der Waals surface area contributed by atoms with Crippen molar-refractivity contribution in [2.75, 3.05) is 0 Å². The number of amidine groups is 1. The number of rotatable bonds is 4. The van der Waals surface area contributed by atoms with Crippen LogP contribution < -0.4 is 5.32 Å². The number of hydrogen-bond donors (Lipinski definition) is 1. The lowest BCUT2D eigenvalue weighted by atomic mass is 10.1. The Bertz CT molecular complexity index is 1460. The minimum absolute atomic E-state index is 0.180. The van der Waals surface area contributed by atoms with Crippen LogP contribution in [0.5, 0.6) is 0 Å². The Labute approximate surface area is 203 Å². The first kappa shape index (κ1) is 21.8. The zero-order valence-corrected chi connectivity index (χ0v) is 19.4. The molecule has 33 heavy (non-hydrogen) atoms. The van der Waals surface area contributed by atoms with E-state index in [2.05, 4.69) is 14.9 Å². The molecule has 0 bridgehead atoms. The average molecular weight is 496 g/mol. The summed E-state index contributed by atoms with van der Waals surface area (Å²) < 4.78 is 16.0. The van der Waals surface area contributed by atoms with Crippen molar-refractivity contribution in [3.8, 4) is 0 Å². The number of nitrogens with one attached hydrogen (secondary N) is 1. The van der Waals surface area contributed by atoms with Gasteiger partial charge in [-0.1, -0.05) is 59.6 Å². The molecule has 164 valence electrons. The number of carbonyl (C=O) groups excluding carboxylic acids is 1. The number of carbonyl (C=O) groups is 1. The van der Waals surface area contributed by atoms with Gasteiger partial charge in [0.15, 0.2) is 5.17 Å². The van der Waals surface area contributed by atoms with Crippen LogP contribution in [0, 0.1) is 5.82 Å². The number of aliphatic imine (C=N–C) groups is 1. The molecule has 1 aliphatic heterocycles. The van der Waals surface area contributed by atoms with Crippen LogP contribution in [0.3, 0.4) is 0 Å². The third-order valence-electron chi connectivity index (χ3n) is 5.17. The molecule has 8 heteroatoms. The van der Waals surface area contributed by atoms with Crippen LogP contribution in [-0.2, 0) is 11.3 Å². The van der Waals surface area contributed by atoms with Crippen LogP contribution in [0.4, 0.5) is 10.1 Å². The van der Waals surface area contributed by atoms with Crippen LogP contribution in [0.15, 0.2) is 82.8 Å². The second kappa shape index (κ2) is 9.06. The van der Waals surface area contributed by atoms with Gasteiger partial charge in [-0.05, 0) is 53.7 Å². The molecule has 1 saturated heterocycles. The fourth-order valence-electron chi connectivity index (χ4n) is 3.63. The van der Waals surface area contributed by atoms with Crippen molar-refractivity contribution in [3.63, 3.8) is 0 Å². The number of halogens is 3. The zero-order valence-electron chi connectivity index (χ0n) is 17.1. The van der Waals surface area contributed by atoms with Gasteiger partial charge in [0.2, 0.25) is 0 Å². The Balaban J connectivity index is 1.48. The molecule has 0 aliphatic carbocycles. The van der Waals surface area contributed by atoms with Crippen molar-refractivity contribution < 1.29 is 9.18 Å². The molecule has 0 spiro atoms. The first-order valence-electron chi connectivity index (χ1n) is 10.0. The van der Waals surface area contributed by atoms with Crippen molar-refractivity contribution in [1.29, 1.82) is 0 Å². The molecule has 0 atom stereocenters. The number of nitrogens with zero attached hydrogens (tertiary/aromatic N) is 2. The minimum atomic E-state index is -0.442. The average Bonchev–Trinajstić information content (AvgIpc) is 3.32. The minimum Gasteiger partial charge on any atom is -0.342 e. The zero-order chi connectivity index (χ0) is 22.9. The van der Waals surface area contributed by atoms with Crippen molar-refractivity contribution in [3.05, 3.63) is 105 Å².